The molecule has 1 saturated heterocycles. The first kappa shape index (κ1) is 23.9. The van der Waals surface area contributed by atoms with Crippen LogP contribution in [0.3, 0.4) is 0 Å². The normalized spacial score (nSPS) is 18.8. The lowest BCUT2D eigenvalue weighted by Gasteiger charge is -2.31. The van der Waals surface area contributed by atoms with Gasteiger partial charge in [0.15, 0.2) is 0 Å². The summed E-state index contributed by atoms with van der Waals surface area (Å²) in [6.45, 7) is 2.58. The number of nitrogens with zero attached hydrogens (tertiary/aromatic N) is 3. The van der Waals surface area contributed by atoms with E-state index in [2.05, 4.69) is 0 Å². The maximum Gasteiger partial charge on any atom is 0.225 e. The molecule has 1 fully saturated rings. The van der Waals surface area contributed by atoms with Crippen LogP contribution in [0.25, 0.3) is 0 Å². The first-order valence-corrected chi connectivity index (χ1v) is 11.6. The van der Waals surface area contributed by atoms with Gasteiger partial charge in [-0.3, -0.25) is 25.5 Å². The number of aliphatic hydroxyl groups excluding tert-OH is 1. The molecule has 0 unspecified atom stereocenters. The van der Waals surface area contributed by atoms with E-state index in [0.717, 1.165) is 5.56 Å². The Balaban J connectivity index is 1.80. The number of ether oxygens (including phenoxy) is 1. The third-order valence-electron chi connectivity index (χ3n) is 6.18. The number of benzene rings is 2. The molecule has 0 spiro atoms. The van der Waals surface area contributed by atoms with Gasteiger partial charge in [-0.05, 0) is 50.1 Å². The van der Waals surface area contributed by atoms with Crippen LogP contribution in [0.2, 0.25) is 5.02 Å². The van der Waals surface area contributed by atoms with E-state index in [1.807, 2.05) is 24.3 Å². The molecule has 8 nitrogen and oxygen atoms in total. The highest BCUT2D eigenvalue weighted by Gasteiger charge is 2.33. The number of amides is 1. The number of carbonyl (C=O) groups is 1. The number of benzodiazepines with no additional fused rings is 1. The van der Waals surface area contributed by atoms with Crippen molar-refractivity contribution < 1.29 is 14.6 Å². The number of rotatable bonds is 4. The molecular weight excluding hydrogens is 454 g/mol. The fourth-order valence-electron chi connectivity index (χ4n) is 4.34. The zero-order valence-corrected chi connectivity index (χ0v) is 20.0. The molecule has 9 heteroatoms. The highest BCUT2D eigenvalue weighted by molar-refractivity contribution is 6.31. The lowest BCUT2D eigenvalue weighted by molar-refractivity contribution is -0.133. The highest BCUT2D eigenvalue weighted by atomic mass is 35.5. The fraction of sp³-hybridized carbons (Fsp3) is 0.360. The molecule has 0 radical (unpaired) electrons. The average Bonchev–Trinajstić information content (AvgIpc) is 2.94. The number of nitrogens with one attached hydrogen (secondary N) is 2. The van der Waals surface area contributed by atoms with Gasteiger partial charge in [0.05, 0.1) is 31.0 Å². The van der Waals surface area contributed by atoms with Gasteiger partial charge in [-0.2, -0.15) is 0 Å². The lowest BCUT2D eigenvalue weighted by Crippen LogP contribution is -2.45. The number of methoxy groups -OCH3 is 1. The smallest absolute Gasteiger partial charge is 0.225 e. The van der Waals surface area contributed by atoms with Gasteiger partial charge in [-0.15, -0.1) is 0 Å². The summed E-state index contributed by atoms with van der Waals surface area (Å²) in [4.78, 5) is 21.3. The average molecular weight is 482 g/mol. The van der Waals surface area contributed by atoms with Crippen LogP contribution < -0.4 is 9.64 Å². The van der Waals surface area contributed by atoms with E-state index < -0.39 is 6.04 Å². The molecule has 2 aromatic rings. The minimum Gasteiger partial charge on any atom is -0.497 e. The Kier molecular flexibility index (Phi) is 7.00. The van der Waals surface area contributed by atoms with Crippen molar-refractivity contribution in [3.8, 4) is 5.75 Å². The third-order valence-corrected chi connectivity index (χ3v) is 6.43. The molecule has 178 valence electrons. The zero-order chi connectivity index (χ0) is 24.4. The summed E-state index contributed by atoms with van der Waals surface area (Å²) in [6, 6.07) is 11.9. The molecule has 1 atom stereocenters. The number of piperidine rings is 1. The molecular formula is C25H28ClN5O3. The van der Waals surface area contributed by atoms with E-state index in [4.69, 9.17) is 32.1 Å². The number of aliphatic hydroxyl groups is 1. The van der Waals surface area contributed by atoms with Crippen molar-refractivity contribution in [2.24, 2.45) is 4.99 Å². The molecule has 0 aliphatic carbocycles. The molecule has 2 heterocycles. The number of hydrogen-bond donors (Lipinski definition) is 3. The summed E-state index contributed by atoms with van der Waals surface area (Å²) >= 11 is 6.11. The predicted molar refractivity (Wildman–Crippen MR) is 134 cm³/mol. The Morgan fingerprint density at radius 2 is 1.88 bits per heavy atom. The van der Waals surface area contributed by atoms with Crippen LogP contribution in [-0.2, 0) is 4.79 Å². The summed E-state index contributed by atoms with van der Waals surface area (Å²) in [7, 11) is 1.58. The van der Waals surface area contributed by atoms with Crippen molar-refractivity contribution in [1.82, 2.24) is 4.90 Å². The Labute approximate surface area is 203 Å². The van der Waals surface area contributed by atoms with E-state index in [0.29, 0.717) is 53.7 Å². The van der Waals surface area contributed by atoms with Crippen LogP contribution in [0, 0.1) is 10.8 Å². The minimum atomic E-state index is -0.788. The Morgan fingerprint density at radius 1 is 1.21 bits per heavy atom. The Bertz CT molecular complexity index is 1140. The maximum atomic E-state index is 13.1. The van der Waals surface area contributed by atoms with Crippen LogP contribution in [0.5, 0.6) is 5.75 Å². The first-order valence-electron chi connectivity index (χ1n) is 11.2. The zero-order valence-electron chi connectivity index (χ0n) is 19.2. The fourth-order valence-corrected chi connectivity index (χ4v) is 4.47. The first-order chi connectivity index (χ1) is 16.3. The Hall–Kier alpha value is -3.23. The number of hydrogen-bond acceptors (Lipinski definition) is 6. The van der Waals surface area contributed by atoms with Crippen LogP contribution >= 0.6 is 11.6 Å². The summed E-state index contributed by atoms with van der Waals surface area (Å²) in [5.41, 5.74) is 2.72. The molecule has 1 amide bonds. The summed E-state index contributed by atoms with van der Waals surface area (Å²) in [5.74, 6) is 0.721. The highest BCUT2D eigenvalue weighted by Crippen LogP contribution is 2.33. The van der Waals surface area contributed by atoms with Gasteiger partial charge in [-0.25, -0.2) is 0 Å². The van der Waals surface area contributed by atoms with E-state index in [1.54, 1.807) is 37.1 Å². The second kappa shape index (κ2) is 9.95. The summed E-state index contributed by atoms with van der Waals surface area (Å²) < 4.78 is 5.44. The molecule has 34 heavy (non-hydrogen) atoms. The summed E-state index contributed by atoms with van der Waals surface area (Å²) in [6.07, 6.45) is 0.713. The molecule has 2 aliphatic rings. The topological polar surface area (TPSA) is 113 Å². The van der Waals surface area contributed by atoms with Crippen LogP contribution in [0.4, 0.5) is 5.69 Å². The number of amidine groups is 2. The van der Waals surface area contributed by atoms with Crippen LogP contribution in [-0.4, -0.2) is 65.6 Å². The maximum absolute atomic E-state index is 13.1. The third kappa shape index (κ3) is 4.83. The molecule has 0 saturated carbocycles. The van der Waals surface area contributed by atoms with Crippen molar-refractivity contribution in [3.05, 3.63) is 58.6 Å². The lowest BCUT2D eigenvalue weighted by atomic mass is 9.99. The van der Waals surface area contributed by atoms with Gasteiger partial charge in [0, 0.05) is 29.2 Å². The quantitative estimate of drug-likeness (QED) is 0.456. The molecule has 0 bridgehead atoms. The number of halogens is 1. The van der Waals surface area contributed by atoms with Crippen molar-refractivity contribution in [2.75, 3.05) is 25.1 Å². The number of fused-ring (bicyclic) bond motifs is 1. The predicted octanol–water partition coefficient (Wildman–Crippen LogP) is 3.72. The number of aliphatic imine (C=N–C) groups is 1. The van der Waals surface area contributed by atoms with E-state index in [9.17, 15) is 9.90 Å². The molecule has 0 aromatic heterocycles. The van der Waals surface area contributed by atoms with Crippen molar-refractivity contribution in [1.29, 1.82) is 10.8 Å². The molecule has 2 aromatic carbocycles. The number of anilines is 1. The number of likely N-dealkylation sites (tertiary alicyclic amines) is 1. The van der Waals surface area contributed by atoms with Crippen LogP contribution in [0.15, 0.2) is 47.5 Å². The van der Waals surface area contributed by atoms with E-state index in [1.165, 1.54) is 4.90 Å². The second-order valence-corrected chi connectivity index (χ2v) is 8.94. The molecule has 3 N–H and O–H groups in total. The van der Waals surface area contributed by atoms with Crippen molar-refractivity contribution in [3.63, 3.8) is 0 Å². The van der Waals surface area contributed by atoms with Crippen molar-refractivity contribution in [2.45, 2.75) is 38.3 Å². The van der Waals surface area contributed by atoms with Gasteiger partial charge >= 0.3 is 0 Å². The molecule has 2 aliphatic heterocycles. The van der Waals surface area contributed by atoms with Gasteiger partial charge < -0.3 is 14.7 Å². The standard InChI is InChI=1S/C25H28ClN5O3/c1-15(27)31-22-8-7-19(34-2)13-20(22)24(16-3-5-17(26)6-4-16)29-21(25(31)28)14-23(33)30-11-9-18(32)10-12-30/h3-8,13,18,21,27-28,32H,9-12,14H2,1-2H3/t21-/m0/s1. The van der Waals surface area contributed by atoms with Gasteiger partial charge in [0.25, 0.3) is 0 Å². The van der Waals surface area contributed by atoms with Gasteiger partial charge in [-0.1, -0.05) is 23.7 Å². The van der Waals surface area contributed by atoms with E-state index >= 15 is 0 Å². The number of carbonyl (C=O) groups excluding carboxylic acids is 1. The van der Waals surface area contributed by atoms with Gasteiger partial charge in [0.2, 0.25) is 5.91 Å². The summed E-state index contributed by atoms with van der Waals surface area (Å²) in [5, 5.41) is 27.7. The monoisotopic (exact) mass is 481 g/mol. The SMILES string of the molecule is COc1ccc2c(c1)C(c1ccc(Cl)cc1)=N[C@@H](CC(=O)N1CCC(O)CC1)C(=N)N2C(C)=N. The van der Waals surface area contributed by atoms with Gasteiger partial charge in [0.1, 0.15) is 23.5 Å². The van der Waals surface area contributed by atoms with Crippen molar-refractivity contribution >= 4 is 40.6 Å². The van der Waals surface area contributed by atoms with E-state index in [-0.39, 0.29) is 30.1 Å². The largest absolute Gasteiger partial charge is 0.497 e. The minimum absolute atomic E-state index is 0.000914. The van der Waals surface area contributed by atoms with Crippen LogP contribution in [0.1, 0.15) is 37.3 Å². The Morgan fingerprint density at radius 3 is 2.50 bits per heavy atom. The second-order valence-electron chi connectivity index (χ2n) is 8.51. The molecule has 4 rings (SSSR count).